The number of carbonyl (C=O) groups excluding carboxylic acids is 2. The van der Waals surface area contributed by atoms with Gasteiger partial charge in [0.15, 0.2) is 5.69 Å². The van der Waals surface area contributed by atoms with Gasteiger partial charge in [-0.1, -0.05) is 39.3 Å². The standard InChI is InChI=1S/C20H26ClN5O4S/c1-11(2)15-7-13(21)8-16(12(3)4)18(15)23-20(28)25-31(29,30)14-9-17(24-22-10-14)19(27)26(5)6/h7-12H,1-6H3,(H2,23,25,28). The minimum atomic E-state index is -4.30. The number of hydrogen-bond acceptors (Lipinski definition) is 6. The van der Waals surface area contributed by atoms with Crippen LogP contribution in [0.3, 0.4) is 0 Å². The van der Waals surface area contributed by atoms with Crippen molar-refractivity contribution < 1.29 is 18.0 Å². The minimum absolute atomic E-state index is 0.0344. The molecule has 9 nitrogen and oxygen atoms in total. The molecule has 0 saturated carbocycles. The van der Waals surface area contributed by atoms with Crippen molar-refractivity contribution >= 4 is 39.2 Å². The van der Waals surface area contributed by atoms with Gasteiger partial charge in [-0.2, -0.15) is 5.10 Å². The van der Waals surface area contributed by atoms with Gasteiger partial charge in [-0.05, 0) is 41.2 Å². The number of nitrogens with one attached hydrogen (secondary N) is 2. The monoisotopic (exact) mass is 467 g/mol. The van der Waals surface area contributed by atoms with E-state index in [-0.39, 0.29) is 22.4 Å². The molecule has 2 rings (SSSR count). The molecule has 0 atom stereocenters. The van der Waals surface area contributed by atoms with Crippen LogP contribution in [0.1, 0.15) is 61.1 Å². The number of sulfonamides is 1. The Balaban J connectivity index is 2.35. The average molecular weight is 468 g/mol. The van der Waals surface area contributed by atoms with Crippen LogP contribution in [-0.2, 0) is 10.0 Å². The first-order valence-electron chi connectivity index (χ1n) is 9.55. The van der Waals surface area contributed by atoms with Crippen LogP contribution in [0.25, 0.3) is 0 Å². The van der Waals surface area contributed by atoms with Crippen LogP contribution in [-0.4, -0.2) is 49.5 Å². The van der Waals surface area contributed by atoms with Crippen molar-refractivity contribution in [1.82, 2.24) is 19.8 Å². The maximum absolute atomic E-state index is 12.7. The second-order valence-corrected chi connectivity index (χ2v) is 9.92. The van der Waals surface area contributed by atoms with E-state index in [2.05, 4.69) is 15.5 Å². The molecule has 2 N–H and O–H groups in total. The molecule has 0 aliphatic rings. The Hall–Kier alpha value is -2.72. The van der Waals surface area contributed by atoms with Gasteiger partial charge in [0.05, 0.1) is 6.20 Å². The second kappa shape index (κ2) is 9.61. The fourth-order valence-corrected chi connectivity index (χ4v) is 3.95. The zero-order valence-electron chi connectivity index (χ0n) is 18.2. The Morgan fingerprint density at radius 3 is 2.06 bits per heavy atom. The number of rotatable bonds is 6. The third-order valence-electron chi connectivity index (χ3n) is 4.44. The van der Waals surface area contributed by atoms with Crippen molar-refractivity contribution in [1.29, 1.82) is 0 Å². The number of hydrogen-bond donors (Lipinski definition) is 2. The number of amides is 3. The molecule has 0 fully saturated rings. The first-order chi connectivity index (χ1) is 14.3. The van der Waals surface area contributed by atoms with Gasteiger partial charge in [-0.25, -0.2) is 17.9 Å². The molecule has 1 heterocycles. The van der Waals surface area contributed by atoms with Gasteiger partial charge in [-0.15, -0.1) is 5.10 Å². The van der Waals surface area contributed by atoms with Crippen molar-refractivity contribution in [2.45, 2.75) is 44.4 Å². The summed E-state index contributed by atoms with van der Waals surface area (Å²) in [5, 5.41) is 10.4. The van der Waals surface area contributed by atoms with E-state index >= 15 is 0 Å². The van der Waals surface area contributed by atoms with E-state index in [1.807, 2.05) is 32.4 Å². The summed E-state index contributed by atoms with van der Waals surface area (Å²) >= 11 is 6.23. The largest absolute Gasteiger partial charge is 0.343 e. The second-order valence-electron chi connectivity index (χ2n) is 7.80. The summed E-state index contributed by atoms with van der Waals surface area (Å²) in [4.78, 5) is 25.5. The number of carbonyl (C=O) groups is 2. The van der Waals surface area contributed by atoms with Crippen LogP contribution in [0.4, 0.5) is 10.5 Å². The summed E-state index contributed by atoms with van der Waals surface area (Å²) < 4.78 is 27.3. The summed E-state index contributed by atoms with van der Waals surface area (Å²) in [5.74, 6) is -0.447. The zero-order valence-corrected chi connectivity index (χ0v) is 19.8. The lowest BCUT2D eigenvalue weighted by atomic mass is 9.92. The molecule has 11 heteroatoms. The molecule has 3 amide bonds. The van der Waals surface area contributed by atoms with Gasteiger partial charge in [0, 0.05) is 24.8 Å². The van der Waals surface area contributed by atoms with Gasteiger partial charge >= 0.3 is 6.03 Å². The van der Waals surface area contributed by atoms with Crippen LogP contribution in [0.5, 0.6) is 0 Å². The zero-order chi connectivity index (χ0) is 23.5. The maximum atomic E-state index is 12.7. The summed E-state index contributed by atoms with van der Waals surface area (Å²) in [5.41, 5.74) is 1.93. The smallest absolute Gasteiger partial charge is 0.333 e. The van der Waals surface area contributed by atoms with Crippen LogP contribution >= 0.6 is 11.6 Å². The van der Waals surface area contributed by atoms with Crippen LogP contribution in [0.15, 0.2) is 29.3 Å². The summed E-state index contributed by atoms with van der Waals surface area (Å²) in [6, 6.07) is 3.61. The minimum Gasteiger partial charge on any atom is -0.343 e. The molecule has 0 bridgehead atoms. The molecule has 0 saturated heterocycles. The molecule has 31 heavy (non-hydrogen) atoms. The third-order valence-corrected chi connectivity index (χ3v) is 5.95. The van der Waals surface area contributed by atoms with Crippen LogP contribution in [0.2, 0.25) is 5.02 Å². The first kappa shape index (κ1) is 24.5. The Bertz CT molecular complexity index is 1070. The normalized spacial score (nSPS) is 11.5. The molecule has 0 unspecified atom stereocenters. The SMILES string of the molecule is CC(C)c1cc(Cl)cc(C(C)C)c1NC(=O)NS(=O)(=O)c1cnnc(C(=O)N(C)C)c1. The summed E-state index contributed by atoms with van der Waals surface area (Å²) in [6.45, 7) is 7.78. The van der Waals surface area contributed by atoms with Crippen molar-refractivity contribution in [3.8, 4) is 0 Å². The van der Waals surface area contributed by atoms with Gasteiger partial charge < -0.3 is 10.2 Å². The highest BCUT2D eigenvalue weighted by Crippen LogP contribution is 2.35. The van der Waals surface area contributed by atoms with E-state index in [4.69, 9.17) is 11.6 Å². The lowest BCUT2D eigenvalue weighted by Gasteiger charge is -2.21. The molecule has 2 aromatic rings. The first-order valence-corrected chi connectivity index (χ1v) is 11.4. The van der Waals surface area contributed by atoms with Gasteiger partial charge in [0.25, 0.3) is 15.9 Å². The van der Waals surface area contributed by atoms with E-state index in [0.29, 0.717) is 10.7 Å². The van der Waals surface area contributed by atoms with Gasteiger partial charge in [0.1, 0.15) is 4.90 Å². The lowest BCUT2D eigenvalue weighted by Crippen LogP contribution is -2.35. The molecular formula is C20H26ClN5O4S. The highest BCUT2D eigenvalue weighted by atomic mass is 35.5. The maximum Gasteiger partial charge on any atom is 0.333 e. The molecule has 1 aromatic carbocycles. The number of benzene rings is 1. The van der Waals surface area contributed by atoms with Gasteiger partial charge in [0.2, 0.25) is 0 Å². The topological polar surface area (TPSA) is 121 Å². The van der Waals surface area contributed by atoms with E-state index in [1.165, 1.54) is 19.0 Å². The van der Waals surface area contributed by atoms with Crippen molar-refractivity contribution in [2.24, 2.45) is 0 Å². The summed E-state index contributed by atoms with van der Waals surface area (Å²) in [7, 11) is -1.29. The molecular weight excluding hydrogens is 442 g/mol. The fourth-order valence-electron chi connectivity index (χ4n) is 2.85. The Morgan fingerprint density at radius 2 is 1.58 bits per heavy atom. The molecule has 0 aliphatic carbocycles. The number of nitrogens with zero attached hydrogens (tertiary/aromatic N) is 3. The number of halogens is 1. The van der Waals surface area contributed by atoms with Crippen molar-refractivity contribution in [3.63, 3.8) is 0 Å². The fraction of sp³-hybridized carbons (Fsp3) is 0.400. The Kier molecular flexibility index (Phi) is 7.61. The number of aromatic nitrogens is 2. The van der Waals surface area contributed by atoms with Crippen molar-refractivity contribution in [2.75, 3.05) is 19.4 Å². The quantitative estimate of drug-likeness (QED) is 0.669. The van der Waals surface area contributed by atoms with E-state index in [0.717, 1.165) is 23.4 Å². The molecule has 1 aromatic heterocycles. The average Bonchev–Trinajstić information content (AvgIpc) is 2.67. The number of anilines is 1. The predicted molar refractivity (Wildman–Crippen MR) is 119 cm³/mol. The third kappa shape index (κ3) is 5.92. The van der Waals surface area contributed by atoms with Crippen LogP contribution < -0.4 is 10.0 Å². The predicted octanol–water partition coefficient (Wildman–Crippen LogP) is 3.59. The van der Waals surface area contributed by atoms with E-state index in [9.17, 15) is 18.0 Å². The van der Waals surface area contributed by atoms with Crippen molar-refractivity contribution in [3.05, 3.63) is 46.2 Å². The highest BCUT2D eigenvalue weighted by Gasteiger charge is 2.23. The lowest BCUT2D eigenvalue weighted by molar-refractivity contribution is 0.0820. The van der Waals surface area contributed by atoms with E-state index in [1.54, 1.807) is 12.1 Å². The molecule has 168 valence electrons. The highest BCUT2D eigenvalue weighted by molar-refractivity contribution is 7.90. The van der Waals surface area contributed by atoms with E-state index < -0.39 is 22.0 Å². The molecule has 0 aliphatic heterocycles. The van der Waals surface area contributed by atoms with Crippen LogP contribution in [0, 0.1) is 0 Å². The Labute approximate surface area is 187 Å². The Morgan fingerprint density at radius 1 is 1.03 bits per heavy atom. The van der Waals surface area contributed by atoms with Gasteiger partial charge in [-0.3, -0.25) is 4.79 Å². The summed E-state index contributed by atoms with van der Waals surface area (Å²) in [6.07, 6.45) is 0.962. The number of urea groups is 1. The molecule has 0 spiro atoms. The molecule has 0 radical (unpaired) electrons.